The molecule has 4 aromatic carbocycles. The zero-order valence-corrected chi connectivity index (χ0v) is 42.9. The van der Waals surface area contributed by atoms with Gasteiger partial charge in [0.25, 0.3) is 0 Å². The Morgan fingerprint density at radius 1 is 0.461 bits per heavy atom. The van der Waals surface area contributed by atoms with E-state index >= 15 is 0 Å². The second-order valence-electron chi connectivity index (χ2n) is 18.7. The average molecular weight is 1060 g/mol. The standard InChI is InChI=1S/C56H65NO19/c1-33(58)57-45-49(66-28-40-22-14-8-15-23-40)47(44-32-68-54(45)72-44)75-55-52(67-29-41-24-16-9-17-25-41)50(46(65-27-39-20-12-7-13-21-39)42(73-55)30-63-26-38-18-10-6-11-19-38)76-56-53(71-37(5)62)51(70-36(4)61)48(69-35(3)60)43(74-56)31-64-34(2)59/h6-25,42-56H,26-32H2,1-5H3,(H,57,58). The lowest BCUT2D eigenvalue weighted by Crippen LogP contribution is -2.68. The molecule has 1 N–H and O–H groups in total. The predicted octanol–water partition coefficient (Wildman–Crippen LogP) is 4.80. The molecular weight excluding hydrogens is 991 g/mol. The van der Waals surface area contributed by atoms with E-state index in [1.807, 2.05) is 121 Å². The van der Waals surface area contributed by atoms with Crippen molar-refractivity contribution in [2.45, 2.75) is 153 Å². The highest BCUT2D eigenvalue weighted by Crippen LogP contribution is 2.39. The summed E-state index contributed by atoms with van der Waals surface area (Å²) in [5, 5.41) is 2.96. The van der Waals surface area contributed by atoms with Gasteiger partial charge in [0.1, 0.15) is 61.5 Å². The van der Waals surface area contributed by atoms with Crippen LogP contribution in [0.25, 0.3) is 0 Å². The van der Waals surface area contributed by atoms with Crippen LogP contribution < -0.4 is 5.32 Å². The number of rotatable bonds is 23. The molecule has 0 spiro atoms. The molecule has 15 atom stereocenters. The topological polar surface area (TPSA) is 227 Å². The number of esters is 4. The Bertz CT molecular complexity index is 2490. The highest BCUT2D eigenvalue weighted by Gasteiger charge is 2.59. The number of carbonyl (C=O) groups excluding carboxylic acids is 5. The molecule has 4 heterocycles. The first-order chi connectivity index (χ1) is 36.8. The first kappa shape index (κ1) is 56.0. The molecule has 4 saturated heterocycles. The molecule has 408 valence electrons. The number of benzene rings is 4. The third kappa shape index (κ3) is 15.3. The van der Waals surface area contributed by atoms with Crippen LogP contribution in [0.5, 0.6) is 0 Å². The number of hydrogen-bond donors (Lipinski definition) is 1. The molecule has 0 radical (unpaired) electrons. The van der Waals surface area contributed by atoms with E-state index in [1.54, 1.807) is 0 Å². The fourth-order valence-electron chi connectivity index (χ4n) is 9.55. The third-order valence-electron chi connectivity index (χ3n) is 12.8. The summed E-state index contributed by atoms with van der Waals surface area (Å²) in [6.07, 6.45) is -17.5. The number of amides is 1. The fraction of sp³-hybridized carbons (Fsp3) is 0.482. The second kappa shape index (κ2) is 27.2. The number of carbonyl (C=O) groups is 5. The molecule has 76 heavy (non-hydrogen) atoms. The molecular formula is C56H65NO19. The highest BCUT2D eigenvalue weighted by atomic mass is 16.8. The van der Waals surface area contributed by atoms with E-state index in [2.05, 4.69) is 5.32 Å². The molecule has 0 aliphatic carbocycles. The Hall–Kier alpha value is -6.17. The van der Waals surface area contributed by atoms with Gasteiger partial charge >= 0.3 is 23.9 Å². The van der Waals surface area contributed by atoms with E-state index in [0.717, 1.165) is 43.0 Å². The summed E-state index contributed by atoms with van der Waals surface area (Å²) in [6, 6.07) is 36.9. The lowest BCUT2D eigenvalue weighted by Gasteiger charge is -2.50. The van der Waals surface area contributed by atoms with Gasteiger partial charge in [-0.05, 0) is 22.3 Å². The van der Waals surface area contributed by atoms with Crippen LogP contribution in [0, 0.1) is 0 Å². The van der Waals surface area contributed by atoms with Crippen LogP contribution in [-0.2, 0) is 117 Å². The zero-order valence-electron chi connectivity index (χ0n) is 42.9. The lowest BCUT2D eigenvalue weighted by molar-refractivity contribution is -0.381. The Labute approximate surface area is 440 Å². The van der Waals surface area contributed by atoms with Crippen molar-refractivity contribution < 1.29 is 90.3 Å². The first-order valence-electron chi connectivity index (χ1n) is 25.2. The van der Waals surface area contributed by atoms with E-state index < -0.39 is 123 Å². The number of nitrogens with one attached hydrogen (secondary N) is 1. The third-order valence-corrected chi connectivity index (χ3v) is 12.8. The van der Waals surface area contributed by atoms with Crippen LogP contribution in [0.1, 0.15) is 56.9 Å². The van der Waals surface area contributed by atoms with Crippen LogP contribution in [-0.4, -0.2) is 142 Å². The van der Waals surface area contributed by atoms with Crippen LogP contribution in [0.2, 0.25) is 0 Å². The van der Waals surface area contributed by atoms with Crippen molar-refractivity contribution in [1.82, 2.24) is 5.32 Å². The van der Waals surface area contributed by atoms with Crippen molar-refractivity contribution >= 4 is 29.8 Å². The number of fused-ring (bicyclic) bond motifs is 2. The van der Waals surface area contributed by atoms with Gasteiger partial charge in [0.05, 0.1) is 39.6 Å². The van der Waals surface area contributed by atoms with Gasteiger partial charge in [-0.1, -0.05) is 121 Å². The van der Waals surface area contributed by atoms with Gasteiger partial charge in [0.15, 0.2) is 37.2 Å². The molecule has 4 aromatic rings. The largest absolute Gasteiger partial charge is 0.463 e. The highest BCUT2D eigenvalue weighted by molar-refractivity contribution is 5.73. The summed E-state index contributed by atoms with van der Waals surface area (Å²) in [5.41, 5.74) is 3.27. The van der Waals surface area contributed by atoms with E-state index in [4.69, 9.17) is 66.3 Å². The van der Waals surface area contributed by atoms with Gasteiger partial charge in [0, 0.05) is 34.6 Å². The summed E-state index contributed by atoms with van der Waals surface area (Å²) < 4.78 is 90.3. The van der Waals surface area contributed by atoms with Gasteiger partial charge in [-0.15, -0.1) is 0 Å². The van der Waals surface area contributed by atoms with Gasteiger partial charge < -0.3 is 71.6 Å². The Balaban J connectivity index is 1.25. The molecule has 15 unspecified atom stereocenters. The zero-order chi connectivity index (χ0) is 53.6. The van der Waals surface area contributed by atoms with E-state index in [9.17, 15) is 24.0 Å². The molecule has 4 aliphatic heterocycles. The molecule has 20 nitrogen and oxygen atoms in total. The Morgan fingerprint density at radius 3 is 1.42 bits per heavy atom. The maximum absolute atomic E-state index is 13.1. The quantitative estimate of drug-likeness (QED) is 0.0778. The summed E-state index contributed by atoms with van der Waals surface area (Å²) in [5.74, 6) is -3.52. The molecule has 20 heteroatoms. The van der Waals surface area contributed by atoms with Crippen molar-refractivity contribution in [3.05, 3.63) is 144 Å². The molecule has 8 rings (SSSR count). The molecule has 4 fully saturated rings. The maximum Gasteiger partial charge on any atom is 0.303 e. The Morgan fingerprint density at radius 2 is 0.908 bits per heavy atom. The predicted molar refractivity (Wildman–Crippen MR) is 264 cm³/mol. The van der Waals surface area contributed by atoms with Gasteiger partial charge in [-0.2, -0.15) is 0 Å². The summed E-state index contributed by atoms with van der Waals surface area (Å²) in [6.45, 7) is 5.67. The molecule has 1 amide bonds. The smallest absolute Gasteiger partial charge is 0.303 e. The molecule has 0 saturated carbocycles. The van der Waals surface area contributed by atoms with Crippen molar-refractivity contribution in [2.75, 3.05) is 19.8 Å². The van der Waals surface area contributed by atoms with Crippen LogP contribution in [0.4, 0.5) is 0 Å². The van der Waals surface area contributed by atoms with Crippen molar-refractivity contribution in [3.63, 3.8) is 0 Å². The SMILES string of the molecule is CC(=O)NC1C2OCC(O2)C(OC2OC(COCc3ccccc3)C(OCc3ccccc3)C(OC3OC(COC(C)=O)C(OC(C)=O)C(OC(C)=O)C3OC(C)=O)C2OCc2ccccc2)C1OCc1ccccc1. The minimum atomic E-state index is -1.70. The molecule has 0 aromatic heterocycles. The van der Waals surface area contributed by atoms with E-state index in [0.29, 0.717) is 0 Å². The summed E-state index contributed by atoms with van der Waals surface area (Å²) >= 11 is 0. The Kier molecular flexibility index (Phi) is 20.1. The summed E-state index contributed by atoms with van der Waals surface area (Å²) in [7, 11) is 0. The van der Waals surface area contributed by atoms with Crippen LogP contribution >= 0.6 is 0 Å². The van der Waals surface area contributed by atoms with Gasteiger partial charge in [-0.3, -0.25) is 24.0 Å². The monoisotopic (exact) mass is 1060 g/mol. The van der Waals surface area contributed by atoms with Crippen molar-refractivity contribution in [2.24, 2.45) is 0 Å². The lowest BCUT2D eigenvalue weighted by atomic mass is 9.95. The van der Waals surface area contributed by atoms with Gasteiger partial charge in [-0.25, -0.2) is 0 Å². The minimum absolute atomic E-state index is 0.0183. The number of hydrogen-bond acceptors (Lipinski definition) is 19. The van der Waals surface area contributed by atoms with E-state index in [1.165, 1.54) is 13.8 Å². The normalized spacial score (nSPS) is 29.9. The van der Waals surface area contributed by atoms with Crippen molar-refractivity contribution in [3.8, 4) is 0 Å². The van der Waals surface area contributed by atoms with Crippen molar-refractivity contribution in [1.29, 1.82) is 0 Å². The summed E-state index contributed by atoms with van der Waals surface area (Å²) in [4.78, 5) is 64.0. The fourth-order valence-corrected chi connectivity index (χ4v) is 9.55. The average Bonchev–Trinajstić information content (AvgIpc) is 3.86. The van der Waals surface area contributed by atoms with Crippen LogP contribution in [0.3, 0.4) is 0 Å². The molecule has 2 bridgehead atoms. The van der Waals surface area contributed by atoms with Gasteiger partial charge in [0.2, 0.25) is 5.91 Å². The number of ether oxygens (including phenoxy) is 14. The maximum atomic E-state index is 13.1. The minimum Gasteiger partial charge on any atom is -0.463 e. The molecule has 4 aliphatic rings. The first-order valence-corrected chi connectivity index (χ1v) is 25.2. The van der Waals surface area contributed by atoms with Crippen LogP contribution in [0.15, 0.2) is 121 Å². The van der Waals surface area contributed by atoms with E-state index in [-0.39, 0.29) is 45.5 Å². The second-order valence-corrected chi connectivity index (χ2v) is 18.7.